The molecule has 0 saturated heterocycles. The summed E-state index contributed by atoms with van der Waals surface area (Å²) in [6.45, 7) is 2.50. The topological polar surface area (TPSA) is 109 Å². The van der Waals surface area contributed by atoms with E-state index in [1.807, 2.05) is 19.2 Å². The molecule has 0 fully saturated rings. The van der Waals surface area contributed by atoms with Crippen molar-refractivity contribution >= 4 is 22.5 Å². The molecule has 140 valence electrons. The fraction of sp³-hybridized carbons (Fsp3) is 0.211. The zero-order valence-electron chi connectivity index (χ0n) is 15.0. The summed E-state index contributed by atoms with van der Waals surface area (Å²) < 4.78 is 5.44. The van der Waals surface area contributed by atoms with Crippen molar-refractivity contribution in [1.82, 2.24) is 15.8 Å². The number of nitrogens with zero attached hydrogens (tertiary/aromatic N) is 1. The second kappa shape index (κ2) is 7.88. The van der Waals surface area contributed by atoms with Crippen LogP contribution in [-0.4, -0.2) is 29.5 Å². The van der Waals surface area contributed by atoms with Crippen molar-refractivity contribution in [2.24, 2.45) is 0 Å². The van der Waals surface area contributed by atoms with Crippen molar-refractivity contribution in [1.29, 1.82) is 0 Å². The van der Waals surface area contributed by atoms with Gasteiger partial charge in [-0.05, 0) is 29.3 Å². The Kier molecular flexibility index (Phi) is 5.37. The van der Waals surface area contributed by atoms with Gasteiger partial charge >= 0.3 is 0 Å². The number of carbonyl (C=O) groups is 1. The molecule has 8 heteroatoms. The molecular formula is C19H20N4O4. The van der Waals surface area contributed by atoms with Gasteiger partial charge in [0.1, 0.15) is 5.75 Å². The monoisotopic (exact) mass is 368 g/mol. The fourth-order valence-corrected chi connectivity index (χ4v) is 2.90. The number of amides is 1. The van der Waals surface area contributed by atoms with E-state index in [1.54, 1.807) is 31.4 Å². The Morgan fingerprint density at radius 2 is 2.04 bits per heavy atom. The summed E-state index contributed by atoms with van der Waals surface area (Å²) in [6.07, 6.45) is 2.35. The predicted octanol–water partition coefficient (Wildman–Crippen LogP) is 2.93. The number of carbonyl (C=O) groups excluding carboxylic acids is 1. The number of rotatable bonds is 7. The SMILES string of the molecule is CCNNC(=O)c1ccc(Cc2c[nH]c3ccc([N+](=O)[O-])cc23)c(OC)c1. The van der Waals surface area contributed by atoms with Crippen LogP contribution in [0.25, 0.3) is 10.9 Å². The first kappa shape index (κ1) is 18.4. The van der Waals surface area contributed by atoms with E-state index in [-0.39, 0.29) is 11.6 Å². The standard InChI is InChI=1S/C19H20N4O4/c1-3-21-22-19(24)13-5-4-12(18(9-13)27-2)8-14-11-20-17-7-6-15(23(25)26)10-16(14)17/h4-7,9-11,20-21H,3,8H2,1-2H3,(H,22,24). The summed E-state index contributed by atoms with van der Waals surface area (Å²) in [5.74, 6) is 0.336. The van der Waals surface area contributed by atoms with Gasteiger partial charge in [-0.25, -0.2) is 5.43 Å². The molecular weight excluding hydrogens is 348 g/mol. The Morgan fingerprint density at radius 3 is 2.74 bits per heavy atom. The van der Waals surface area contributed by atoms with Crippen molar-refractivity contribution < 1.29 is 14.5 Å². The van der Waals surface area contributed by atoms with Crippen LogP contribution in [0.5, 0.6) is 5.75 Å². The zero-order chi connectivity index (χ0) is 19.4. The maximum Gasteiger partial charge on any atom is 0.270 e. The average Bonchev–Trinajstić information content (AvgIpc) is 3.08. The van der Waals surface area contributed by atoms with E-state index >= 15 is 0 Å². The Labute approximate surface area is 155 Å². The first-order valence-electron chi connectivity index (χ1n) is 8.48. The number of nitrogens with one attached hydrogen (secondary N) is 3. The average molecular weight is 368 g/mol. The van der Waals surface area contributed by atoms with Crippen molar-refractivity contribution in [3.8, 4) is 5.75 Å². The number of hydrazine groups is 1. The van der Waals surface area contributed by atoms with E-state index in [1.165, 1.54) is 6.07 Å². The number of aromatic amines is 1. The van der Waals surface area contributed by atoms with Crippen LogP contribution < -0.4 is 15.6 Å². The Balaban J connectivity index is 1.91. The molecule has 3 N–H and O–H groups in total. The number of hydrogen-bond donors (Lipinski definition) is 3. The highest BCUT2D eigenvalue weighted by molar-refractivity contribution is 5.94. The van der Waals surface area contributed by atoms with Crippen molar-refractivity contribution in [3.05, 3.63) is 69.4 Å². The first-order chi connectivity index (χ1) is 13.0. The molecule has 27 heavy (non-hydrogen) atoms. The maximum atomic E-state index is 12.1. The highest BCUT2D eigenvalue weighted by atomic mass is 16.6. The van der Waals surface area contributed by atoms with E-state index in [9.17, 15) is 14.9 Å². The van der Waals surface area contributed by atoms with Gasteiger partial charge in [0.15, 0.2) is 0 Å². The quantitative estimate of drug-likeness (QED) is 0.439. The summed E-state index contributed by atoms with van der Waals surface area (Å²) in [6, 6.07) is 9.96. The lowest BCUT2D eigenvalue weighted by Gasteiger charge is -2.11. The number of aromatic nitrogens is 1. The second-order valence-corrected chi connectivity index (χ2v) is 5.99. The van der Waals surface area contributed by atoms with Gasteiger partial charge in [-0.3, -0.25) is 20.3 Å². The molecule has 0 spiro atoms. The van der Waals surface area contributed by atoms with Gasteiger partial charge in [-0.1, -0.05) is 13.0 Å². The summed E-state index contributed by atoms with van der Waals surface area (Å²) in [7, 11) is 1.55. The number of methoxy groups -OCH3 is 1. The number of nitro benzene ring substituents is 1. The minimum Gasteiger partial charge on any atom is -0.496 e. The summed E-state index contributed by atoms with van der Waals surface area (Å²) >= 11 is 0. The van der Waals surface area contributed by atoms with Crippen molar-refractivity contribution in [2.45, 2.75) is 13.3 Å². The molecule has 3 rings (SSSR count). The number of nitro groups is 1. The zero-order valence-corrected chi connectivity index (χ0v) is 15.0. The molecule has 0 atom stereocenters. The number of benzene rings is 2. The third-order valence-electron chi connectivity index (χ3n) is 4.27. The van der Waals surface area contributed by atoms with Crippen LogP contribution >= 0.6 is 0 Å². The summed E-state index contributed by atoms with van der Waals surface area (Å²) in [5.41, 5.74) is 8.51. The Hall–Kier alpha value is -3.39. The molecule has 8 nitrogen and oxygen atoms in total. The molecule has 0 bridgehead atoms. The molecule has 3 aromatic rings. The normalized spacial score (nSPS) is 10.7. The molecule has 0 aliphatic rings. The van der Waals surface area contributed by atoms with Gasteiger partial charge in [-0.2, -0.15) is 0 Å². The smallest absolute Gasteiger partial charge is 0.270 e. The van der Waals surface area contributed by atoms with Gasteiger partial charge in [0.25, 0.3) is 11.6 Å². The lowest BCUT2D eigenvalue weighted by Crippen LogP contribution is -2.37. The third kappa shape index (κ3) is 3.90. The molecule has 1 heterocycles. The minimum absolute atomic E-state index is 0.0470. The van der Waals surface area contributed by atoms with Crippen LogP contribution in [0.15, 0.2) is 42.6 Å². The third-order valence-corrected chi connectivity index (χ3v) is 4.27. The fourth-order valence-electron chi connectivity index (χ4n) is 2.90. The van der Waals surface area contributed by atoms with Gasteiger partial charge in [0.05, 0.1) is 12.0 Å². The van der Waals surface area contributed by atoms with Crippen LogP contribution in [-0.2, 0) is 6.42 Å². The lowest BCUT2D eigenvalue weighted by atomic mass is 10.0. The van der Waals surface area contributed by atoms with Gasteiger partial charge in [0.2, 0.25) is 0 Å². The van der Waals surface area contributed by atoms with Gasteiger partial charge < -0.3 is 9.72 Å². The number of fused-ring (bicyclic) bond motifs is 1. The first-order valence-corrected chi connectivity index (χ1v) is 8.48. The van der Waals surface area contributed by atoms with E-state index in [4.69, 9.17) is 4.74 Å². The molecule has 0 unspecified atom stereocenters. The number of ether oxygens (including phenoxy) is 1. The lowest BCUT2D eigenvalue weighted by molar-refractivity contribution is -0.384. The highest BCUT2D eigenvalue weighted by Crippen LogP contribution is 2.29. The van der Waals surface area contributed by atoms with Crippen molar-refractivity contribution in [3.63, 3.8) is 0 Å². The van der Waals surface area contributed by atoms with E-state index in [0.717, 1.165) is 22.0 Å². The molecule has 1 amide bonds. The molecule has 0 saturated carbocycles. The number of non-ortho nitro benzene ring substituents is 1. The minimum atomic E-state index is -0.408. The highest BCUT2D eigenvalue weighted by Gasteiger charge is 2.14. The summed E-state index contributed by atoms with van der Waals surface area (Å²) in [4.78, 5) is 25.8. The van der Waals surface area contributed by atoms with E-state index < -0.39 is 4.92 Å². The summed E-state index contributed by atoms with van der Waals surface area (Å²) in [5, 5.41) is 11.8. The van der Waals surface area contributed by atoms with E-state index in [2.05, 4.69) is 15.8 Å². The second-order valence-electron chi connectivity index (χ2n) is 5.99. The van der Waals surface area contributed by atoms with Crippen LogP contribution in [0.2, 0.25) is 0 Å². The van der Waals surface area contributed by atoms with Crippen LogP contribution in [0.3, 0.4) is 0 Å². The Bertz CT molecular complexity index is 997. The predicted molar refractivity (Wildman–Crippen MR) is 102 cm³/mol. The van der Waals surface area contributed by atoms with Crippen LogP contribution in [0.1, 0.15) is 28.4 Å². The number of H-pyrrole nitrogens is 1. The Morgan fingerprint density at radius 1 is 1.22 bits per heavy atom. The molecule has 0 aliphatic heterocycles. The van der Waals surface area contributed by atoms with Crippen LogP contribution in [0.4, 0.5) is 5.69 Å². The van der Waals surface area contributed by atoms with Crippen molar-refractivity contribution in [2.75, 3.05) is 13.7 Å². The maximum absolute atomic E-state index is 12.1. The van der Waals surface area contributed by atoms with Gasteiger partial charge in [-0.15, -0.1) is 0 Å². The molecule has 0 aliphatic carbocycles. The van der Waals surface area contributed by atoms with Gasteiger partial charge in [0, 0.05) is 47.8 Å². The van der Waals surface area contributed by atoms with Crippen LogP contribution in [0, 0.1) is 10.1 Å². The molecule has 1 aromatic heterocycles. The molecule has 0 radical (unpaired) electrons. The molecule has 2 aromatic carbocycles. The largest absolute Gasteiger partial charge is 0.496 e. The van der Waals surface area contributed by atoms with E-state index in [0.29, 0.717) is 24.3 Å². The number of hydrogen-bond acceptors (Lipinski definition) is 5.